The van der Waals surface area contributed by atoms with Crippen LogP contribution in [-0.2, 0) is 13.1 Å². The lowest BCUT2D eigenvalue weighted by atomic mass is 10.1. The lowest BCUT2D eigenvalue weighted by Gasteiger charge is -2.37. The van der Waals surface area contributed by atoms with E-state index in [0.29, 0.717) is 0 Å². The van der Waals surface area contributed by atoms with Gasteiger partial charge in [0, 0.05) is 58.4 Å². The standard InChI is InChI=1S/C22H27N7.HI/c1-23-22(28-15-13-27(14-16-28)21-9-4-5-10-24-21)25-17-19-7-2-3-8-20(19)18-29-12-6-11-26-29;/h2-12H,13-18H2,1H3,(H,23,25);1H. The van der Waals surface area contributed by atoms with Crippen molar-refractivity contribution in [2.75, 3.05) is 38.1 Å². The smallest absolute Gasteiger partial charge is 0.194 e. The molecule has 4 rings (SSSR count). The van der Waals surface area contributed by atoms with Gasteiger partial charge < -0.3 is 15.1 Å². The van der Waals surface area contributed by atoms with Crippen LogP contribution in [0.1, 0.15) is 11.1 Å². The Morgan fingerprint density at radius 1 is 0.967 bits per heavy atom. The summed E-state index contributed by atoms with van der Waals surface area (Å²) in [5.74, 6) is 1.99. The summed E-state index contributed by atoms with van der Waals surface area (Å²) in [7, 11) is 1.85. The molecule has 0 saturated carbocycles. The molecule has 7 nitrogen and oxygen atoms in total. The third-order valence-electron chi connectivity index (χ3n) is 5.21. The molecule has 3 aromatic rings. The zero-order valence-corrected chi connectivity index (χ0v) is 19.5. The van der Waals surface area contributed by atoms with Gasteiger partial charge in [-0.1, -0.05) is 30.3 Å². The van der Waals surface area contributed by atoms with Gasteiger partial charge in [0.2, 0.25) is 0 Å². The lowest BCUT2D eigenvalue weighted by molar-refractivity contribution is 0.371. The van der Waals surface area contributed by atoms with Gasteiger partial charge in [-0.3, -0.25) is 9.67 Å². The maximum Gasteiger partial charge on any atom is 0.194 e. The highest BCUT2D eigenvalue weighted by Crippen LogP contribution is 2.14. The summed E-state index contributed by atoms with van der Waals surface area (Å²) >= 11 is 0. The number of aliphatic imine (C=N–C) groups is 1. The molecule has 0 unspecified atom stereocenters. The first kappa shape index (κ1) is 22.1. The number of rotatable bonds is 5. The van der Waals surface area contributed by atoms with Crippen LogP contribution in [0, 0.1) is 0 Å². The van der Waals surface area contributed by atoms with E-state index in [2.05, 4.69) is 60.5 Å². The third-order valence-corrected chi connectivity index (χ3v) is 5.21. The van der Waals surface area contributed by atoms with Crippen molar-refractivity contribution >= 4 is 35.8 Å². The van der Waals surface area contributed by atoms with E-state index in [-0.39, 0.29) is 24.0 Å². The maximum atomic E-state index is 4.51. The first-order valence-electron chi connectivity index (χ1n) is 9.99. The Hall–Kier alpha value is -2.62. The Kier molecular flexibility index (Phi) is 8.06. The molecule has 1 N–H and O–H groups in total. The number of guanidine groups is 1. The minimum absolute atomic E-state index is 0. The summed E-state index contributed by atoms with van der Waals surface area (Å²) in [4.78, 5) is 13.6. The van der Waals surface area contributed by atoms with Crippen molar-refractivity contribution in [2.45, 2.75) is 13.1 Å². The average Bonchev–Trinajstić information content (AvgIpc) is 3.29. The zero-order chi connectivity index (χ0) is 19.9. The van der Waals surface area contributed by atoms with Gasteiger partial charge in [-0.05, 0) is 29.3 Å². The van der Waals surface area contributed by atoms with Crippen molar-refractivity contribution in [3.63, 3.8) is 0 Å². The largest absolute Gasteiger partial charge is 0.353 e. The van der Waals surface area contributed by atoms with Gasteiger partial charge in [0.15, 0.2) is 5.96 Å². The van der Waals surface area contributed by atoms with E-state index >= 15 is 0 Å². The van der Waals surface area contributed by atoms with Crippen molar-refractivity contribution in [3.05, 3.63) is 78.2 Å². The fourth-order valence-corrected chi connectivity index (χ4v) is 3.65. The average molecular weight is 517 g/mol. The second kappa shape index (κ2) is 11.0. The number of nitrogens with one attached hydrogen (secondary N) is 1. The summed E-state index contributed by atoms with van der Waals surface area (Å²) in [6.45, 7) is 5.23. The van der Waals surface area contributed by atoms with Crippen molar-refractivity contribution in [1.82, 2.24) is 25.0 Å². The topological polar surface area (TPSA) is 61.6 Å². The van der Waals surface area contributed by atoms with Crippen molar-refractivity contribution in [2.24, 2.45) is 4.99 Å². The van der Waals surface area contributed by atoms with E-state index in [0.717, 1.165) is 51.0 Å². The molecule has 2 aromatic heterocycles. The van der Waals surface area contributed by atoms with Gasteiger partial charge in [0.05, 0.1) is 6.54 Å². The van der Waals surface area contributed by atoms with Crippen molar-refractivity contribution < 1.29 is 0 Å². The van der Waals surface area contributed by atoms with E-state index in [1.165, 1.54) is 11.1 Å². The van der Waals surface area contributed by atoms with Crippen LogP contribution in [0.25, 0.3) is 0 Å². The van der Waals surface area contributed by atoms with Gasteiger partial charge in [-0.15, -0.1) is 24.0 Å². The predicted octanol–water partition coefficient (Wildman–Crippen LogP) is 2.84. The molecule has 0 atom stereocenters. The number of anilines is 1. The third kappa shape index (κ3) is 5.50. The molecule has 1 fully saturated rings. The van der Waals surface area contributed by atoms with E-state index in [1.807, 2.05) is 48.5 Å². The van der Waals surface area contributed by atoms with Gasteiger partial charge in [0.25, 0.3) is 0 Å². The van der Waals surface area contributed by atoms with E-state index in [1.54, 1.807) is 0 Å². The fraction of sp³-hybridized carbons (Fsp3) is 0.318. The SMILES string of the molecule is CN=C(NCc1ccccc1Cn1cccn1)N1CCN(c2ccccn2)CC1.I. The number of halogens is 1. The molecule has 30 heavy (non-hydrogen) atoms. The van der Waals surface area contributed by atoms with Crippen LogP contribution in [-0.4, -0.2) is 58.9 Å². The van der Waals surface area contributed by atoms with E-state index < -0.39 is 0 Å². The van der Waals surface area contributed by atoms with Crippen LogP contribution >= 0.6 is 24.0 Å². The van der Waals surface area contributed by atoms with Crippen LogP contribution in [0.15, 0.2) is 72.1 Å². The Morgan fingerprint density at radius 2 is 1.73 bits per heavy atom. The number of aromatic nitrogens is 3. The van der Waals surface area contributed by atoms with Crippen molar-refractivity contribution in [3.8, 4) is 0 Å². The zero-order valence-electron chi connectivity index (χ0n) is 17.2. The molecule has 0 radical (unpaired) electrons. The van der Waals surface area contributed by atoms with Crippen LogP contribution in [0.3, 0.4) is 0 Å². The summed E-state index contributed by atoms with van der Waals surface area (Å²) < 4.78 is 1.95. The van der Waals surface area contributed by atoms with E-state index in [9.17, 15) is 0 Å². The van der Waals surface area contributed by atoms with E-state index in [4.69, 9.17) is 0 Å². The molecule has 8 heteroatoms. The number of benzene rings is 1. The van der Waals surface area contributed by atoms with Gasteiger partial charge in [0.1, 0.15) is 5.82 Å². The summed E-state index contributed by atoms with van der Waals surface area (Å²) in [5.41, 5.74) is 2.52. The molecule has 0 spiro atoms. The van der Waals surface area contributed by atoms with Gasteiger partial charge in [-0.25, -0.2) is 4.98 Å². The molecule has 1 aliphatic rings. The number of hydrogen-bond acceptors (Lipinski definition) is 4. The molecule has 1 saturated heterocycles. The van der Waals surface area contributed by atoms with Crippen LogP contribution < -0.4 is 10.2 Å². The van der Waals surface area contributed by atoms with Gasteiger partial charge >= 0.3 is 0 Å². The van der Waals surface area contributed by atoms with Gasteiger partial charge in [-0.2, -0.15) is 5.10 Å². The fourth-order valence-electron chi connectivity index (χ4n) is 3.65. The molecule has 1 aliphatic heterocycles. The highest BCUT2D eigenvalue weighted by atomic mass is 127. The Balaban J connectivity index is 0.00000256. The van der Waals surface area contributed by atoms with Crippen molar-refractivity contribution in [1.29, 1.82) is 0 Å². The molecule has 3 heterocycles. The van der Waals surface area contributed by atoms with Crippen LogP contribution in [0.2, 0.25) is 0 Å². The summed E-state index contributed by atoms with van der Waals surface area (Å²) in [5, 5.41) is 7.87. The highest BCUT2D eigenvalue weighted by Gasteiger charge is 2.20. The van der Waals surface area contributed by atoms with Crippen LogP contribution in [0.4, 0.5) is 5.82 Å². The normalized spacial score (nSPS) is 14.4. The molecule has 1 aromatic carbocycles. The molecular weight excluding hydrogens is 489 g/mol. The summed E-state index contributed by atoms with van der Waals surface area (Å²) in [6, 6.07) is 16.5. The molecular formula is C22H28IN7. The Morgan fingerprint density at radius 3 is 2.40 bits per heavy atom. The second-order valence-electron chi connectivity index (χ2n) is 7.04. The maximum absolute atomic E-state index is 4.51. The number of hydrogen-bond donors (Lipinski definition) is 1. The lowest BCUT2D eigenvalue weighted by Crippen LogP contribution is -2.52. The molecule has 158 valence electrons. The first-order valence-corrected chi connectivity index (χ1v) is 9.99. The number of piperazine rings is 1. The Bertz CT molecular complexity index is 920. The minimum atomic E-state index is 0. The summed E-state index contributed by atoms with van der Waals surface area (Å²) in [6.07, 6.45) is 5.65. The monoisotopic (exact) mass is 517 g/mol. The molecule has 0 aliphatic carbocycles. The number of pyridine rings is 1. The minimum Gasteiger partial charge on any atom is -0.353 e. The molecule has 0 bridgehead atoms. The second-order valence-corrected chi connectivity index (χ2v) is 7.04. The highest BCUT2D eigenvalue weighted by molar-refractivity contribution is 14.0. The Labute approximate surface area is 194 Å². The predicted molar refractivity (Wildman–Crippen MR) is 131 cm³/mol. The molecule has 0 amide bonds. The number of nitrogens with zero attached hydrogens (tertiary/aromatic N) is 6. The van der Waals surface area contributed by atoms with Crippen LogP contribution in [0.5, 0.6) is 0 Å². The first-order chi connectivity index (χ1) is 14.3. The quantitative estimate of drug-likeness (QED) is 0.321.